The van der Waals surface area contributed by atoms with E-state index >= 15 is 0 Å². The van der Waals surface area contributed by atoms with Crippen LogP contribution in [0.15, 0.2) is 76.1 Å². The zero-order valence-corrected chi connectivity index (χ0v) is 14.8. The van der Waals surface area contributed by atoms with Gasteiger partial charge in [-0.15, -0.1) is 4.91 Å². The maximum atomic E-state index is 12.7. The van der Waals surface area contributed by atoms with Gasteiger partial charge in [0.1, 0.15) is 5.69 Å². The van der Waals surface area contributed by atoms with Crippen molar-refractivity contribution in [2.75, 3.05) is 5.01 Å². The second kappa shape index (κ2) is 7.61. The summed E-state index contributed by atoms with van der Waals surface area (Å²) in [5.41, 5.74) is 7.33. The Hall–Kier alpha value is -3.81. The van der Waals surface area contributed by atoms with Crippen LogP contribution in [0, 0.1) is 4.91 Å². The standard InChI is InChI=1S/C19H17N5O3/c1-12(20-21-18(25)15-10-6-7-11-16(15)23-27)17-13(2)22-24(19(17)26)14-8-4-3-5-9-14/h3-11,20H,1-2H3,(H,21,25)/b17-12-. The van der Waals surface area contributed by atoms with E-state index in [0.717, 1.165) is 0 Å². The summed E-state index contributed by atoms with van der Waals surface area (Å²) < 4.78 is 0. The van der Waals surface area contributed by atoms with Crippen LogP contribution >= 0.6 is 0 Å². The normalized spacial score (nSPS) is 15.3. The minimum atomic E-state index is -0.537. The van der Waals surface area contributed by atoms with E-state index in [4.69, 9.17) is 0 Å². The summed E-state index contributed by atoms with van der Waals surface area (Å²) in [5.74, 6) is -0.835. The summed E-state index contributed by atoms with van der Waals surface area (Å²) in [4.78, 5) is 35.8. The third-order valence-electron chi connectivity index (χ3n) is 4.00. The molecule has 0 atom stereocenters. The third-order valence-corrected chi connectivity index (χ3v) is 4.00. The van der Waals surface area contributed by atoms with Gasteiger partial charge in [0.25, 0.3) is 11.8 Å². The highest BCUT2D eigenvalue weighted by Gasteiger charge is 2.30. The van der Waals surface area contributed by atoms with Crippen molar-refractivity contribution < 1.29 is 9.59 Å². The van der Waals surface area contributed by atoms with Gasteiger partial charge in [-0.05, 0) is 43.3 Å². The first-order chi connectivity index (χ1) is 13.0. The average molecular weight is 363 g/mol. The number of amides is 2. The van der Waals surface area contributed by atoms with E-state index in [1.54, 1.807) is 38.1 Å². The molecule has 8 nitrogen and oxygen atoms in total. The summed E-state index contributed by atoms with van der Waals surface area (Å²) >= 11 is 0. The predicted molar refractivity (Wildman–Crippen MR) is 102 cm³/mol. The Labute approximate surface area is 155 Å². The Morgan fingerprint density at radius 1 is 1.04 bits per heavy atom. The zero-order chi connectivity index (χ0) is 19.4. The van der Waals surface area contributed by atoms with Crippen LogP contribution in [0.25, 0.3) is 0 Å². The Kier molecular flexibility index (Phi) is 5.07. The molecule has 136 valence electrons. The first kappa shape index (κ1) is 18.0. The van der Waals surface area contributed by atoms with Crippen LogP contribution in [0.1, 0.15) is 24.2 Å². The Balaban J connectivity index is 1.77. The Bertz CT molecular complexity index is 966. The van der Waals surface area contributed by atoms with Gasteiger partial charge < -0.3 is 5.43 Å². The van der Waals surface area contributed by atoms with Crippen molar-refractivity contribution in [2.45, 2.75) is 13.8 Å². The van der Waals surface area contributed by atoms with Gasteiger partial charge >= 0.3 is 0 Å². The molecule has 3 rings (SSSR count). The molecule has 1 aliphatic rings. The van der Waals surface area contributed by atoms with E-state index in [1.165, 1.54) is 17.1 Å². The summed E-state index contributed by atoms with van der Waals surface area (Å²) in [7, 11) is 0. The van der Waals surface area contributed by atoms with Crippen molar-refractivity contribution in [1.82, 2.24) is 10.9 Å². The van der Waals surface area contributed by atoms with E-state index in [0.29, 0.717) is 22.7 Å². The van der Waals surface area contributed by atoms with Crippen LogP contribution in [0.3, 0.4) is 0 Å². The van der Waals surface area contributed by atoms with E-state index in [-0.39, 0.29) is 17.2 Å². The molecule has 1 aliphatic heterocycles. The van der Waals surface area contributed by atoms with Crippen molar-refractivity contribution in [2.24, 2.45) is 10.3 Å². The maximum absolute atomic E-state index is 12.7. The lowest BCUT2D eigenvalue weighted by Crippen LogP contribution is -2.37. The molecule has 2 amide bonds. The topological polar surface area (TPSA) is 103 Å². The molecule has 0 unspecified atom stereocenters. The second-order valence-corrected chi connectivity index (χ2v) is 5.83. The molecular formula is C19H17N5O3. The fourth-order valence-corrected chi connectivity index (χ4v) is 2.71. The minimum absolute atomic E-state index is 0.0343. The number of rotatable bonds is 5. The average Bonchev–Trinajstić information content (AvgIpc) is 3.00. The number of para-hydroxylation sites is 1. The number of nitrogens with one attached hydrogen (secondary N) is 2. The second-order valence-electron chi connectivity index (χ2n) is 5.83. The number of allylic oxidation sites excluding steroid dienone is 1. The van der Waals surface area contributed by atoms with Crippen LogP contribution in [0.2, 0.25) is 0 Å². The molecular weight excluding hydrogens is 346 g/mol. The largest absolute Gasteiger partial charge is 0.302 e. The van der Waals surface area contributed by atoms with E-state index in [9.17, 15) is 14.5 Å². The van der Waals surface area contributed by atoms with Crippen molar-refractivity contribution in [3.8, 4) is 0 Å². The van der Waals surface area contributed by atoms with Gasteiger partial charge in [-0.2, -0.15) is 10.1 Å². The first-order valence-corrected chi connectivity index (χ1v) is 8.17. The molecule has 1 heterocycles. The molecule has 0 spiro atoms. The van der Waals surface area contributed by atoms with Gasteiger partial charge in [0, 0.05) is 5.70 Å². The molecule has 0 aliphatic carbocycles. The smallest absolute Gasteiger partial charge is 0.282 e. The SMILES string of the molecule is CC1=NN(c2ccccc2)C(=O)/C1=C(/C)NNC(=O)c1ccccc1N=O. The van der Waals surface area contributed by atoms with Crippen LogP contribution < -0.4 is 15.9 Å². The highest BCUT2D eigenvalue weighted by atomic mass is 16.3. The number of hydrazone groups is 1. The fourth-order valence-electron chi connectivity index (χ4n) is 2.71. The molecule has 0 aromatic heterocycles. The zero-order valence-electron chi connectivity index (χ0n) is 14.8. The van der Waals surface area contributed by atoms with E-state index in [1.807, 2.05) is 18.2 Å². The van der Waals surface area contributed by atoms with Gasteiger partial charge in [-0.1, -0.05) is 30.3 Å². The highest BCUT2D eigenvalue weighted by Crippen LogP contribution is 2.24. The van der Waals surface area contributed by atoms with Crippen LogP contribution in [-0.4, -0.2) is 17.5 Å². The highest BCUT2D eigenvalue weighted by molar-refractivity contribution is 6.30. The van der Waals surface area contributed by atoms with E-state index < -0.39 is 5.91 Å². The number of nitroso groups, excluding NO2 is 1. The fraction of sp³-hybridized carbons (Fsp3) is 0.105. The molecule has 2 aromatic carbocycles. The molecule has 2 N–H and O–H groups in total. The third kappa shape index (κ3) is 3.59. The maximum Gasteiger partial charge on any atom is 0.282 e. The van der Waals surface area contributed by atoms with Crippen LogP contribution in [-0.2, 0) is 4.79 Å². The number of carbonyl (C=O) groups is 2. The predicted octanol–water partition coefficient (Wildman–Crippen LogP) is 3.02. The van der Waals surface area contributed by atoms with Crippen molar-refractivity contribution in [1.29, 1.82) is 0 Å². The lowest BCUT2D eigenvalue weighted by Gasteiger charge is -2.13. The monoisotopic (exact) mass is 363 g/mol. The number of benzene rings is 2. The summed E-state index contributed by atoms with van der Waals surface area (Å²) in [6, 6.07) is 15.2. The van der Waals surface area contributed by atoms with Gasteiger partial charge in [0.05, 0.1) is 22.5 Å². The molecule has 2 aromatic rings. The number of hydrogen-bond acceptors (Lipinski definition) is 6. The number of hydrogen-bond donors (Lipinski definition) is 2. The first-order valence-electron chi connectivity index (χ1n) is 8.17. The minimum Gasteiger partial charge on any atom is -0.302 e. The van der Waals surface area contributed by atoms with Crippen molar-refractivity contribution >= 4 is 28.9 Å². The molecule has 8 heteroatoms. The number of nitrogens with zero attached hydrogens (tertiary/aromatic N) is 3. The summed E-state index contributed by atoms with van der Waals surface area (Å²) in [5, 5.41) is 8.43. The number of carbonyl (C=O) groups excluding carboxylic acids is 2. The lowest BCUT2D eigenvalue weighted by atomic mass is 10.1. The molecule has 0 fully saturated rings. The number of hydrazine groups is 1. The molecule has 0 radical (unpaired) electrons. The van der Waals surface area contributed by atoms with Crippen molar-refractivity contribution in [3.05, 3.63) is 76.3 Å². The summed E-state index contributed by atoms with van der Waals surface area (Å²) in [6.07, 6.45) is 0. The van der Waals surface area contributed by atoms with E-state index in [2.05, 4.69) is 21.1 Å². The van der Waals surface area contributed by atoms with Crippen LogP contribution in [0.5, 0.6) is 0 Å². The van der Waals surface area contributed by atoms with Gasteiger partial charge in [-0.3, -0.25) is 15.0 Å². The molecule has 0 bridgehead atoms. The quantitative estimate of drug-likeness (QED) is 0.484. The van der Waals surface area contributed by atoms with Gasteiger partial charge in [0.2, 0.25) is 0 Å². The Morgan fingerprint density at radius 2 is 1.70 bits per heavy atom. The van der Waals surface area contributed by atoms with Crippen molar-refractivity contribution in [3.63, 3.8) is 0 Å². The lowest BCUT2D eigenvalue weighted by molar-refractivity contribution is -0.114. The Morgan fingerprint density at radius 3 is 2.41 bits per heavy atom. The van der Waals surface area contributed by atoms with Crippen LogP contribution in [0.4, 0.5) is 11.4 Å². The summed E-state index contributed by atoms with van der Waals surface area (Å²) in [6.45, 7) is 3.37. The molecule has 27 heavy (non-hydrogen) atoms. The molecule has 0 saturated carbocycles. The van der Waals surface area contributed by atoms with Gasteiger partial charge in [0.15, 0.2) is 0 Å². The van der Waals surface area contributed by atoms with Gasteiger partial charge in [-0.25, -0.2) is 0 Å². The number of anilines is 1. The molecule has 0 saturated heterocycles.